The zero-order chi connectivity index (χ0) is 6.69. The second-order valence-electron chi connectivity index (χ2n) is 1.73. The highest BCUT2D eigenvalue weighted by molar-refractivity contribution is 9.08. The molecule has 0 atom stereocenters. The molecule has 0 aliphatic carbocycles. The van der Waals surface area contributed by atoms with E-state index in [1.165, 1.54) is 6.07 Å². The Hall–Kier alpha value is -0.370. The molecule has 1 aromatic carbocycles. The molecule has 9 heavy (non-hydrogen) atoms. The summed E-state index contributed by atoms with van der Waals surface area (Å²) < 4.78 is 12.6. The third-order valence-electron chi connectivity index (χ3n) is 1.10. The van der Waals surface area contributed by atoms with Crippen molar-refractivity contribution in [3.63, 3.8) is 0 Å². The van der Waals surface area contributed by atoms with E-state index in [9.17, 15) is 4.39 Å². The molecule has 0 aromatic heterocycles. The first kappa shape index (κ1) is 6.75. The molecule has 48 valence electrons. The molecule has 0 amide bonds. The second kappa shape index (κ2) is 2.97. The maximum absolute atomic E-state index is 12.6. The van der Waals surface area contributed by atoms with Gasteiger partial charge in [0.05, 0.1) is 0 Å². The van der Waals surface area contributed by atoms with Gasteiger partial charge in [-0.2, -0.15) is 0 Å². The summed E-state index contributed by atoms with van der Waals surface area (Å²) in [6.07, 6.45) is 0. The zero-order valence-electron chi connectivity index (χ0n) is 4.77. The summed E-state index contributed by atoms with van der Waals surface area (Å²) in [6, 6.07) is 6.71. The van der Waals surface area contributed by atoms with Crippen LogP contribution in [0.5, 0.6) is 0 Å². The molecular weight excluding hydrogens is 182 g/mol. The van der Waals surface area contributed by atoms with Gasteiger partial charge >= 0.3 is 0 Å². The molecule has 0 saturated heterocycles. The van der Waals surface area contributed by atoms with Crippen LogP contribution in [0, 0.1) is 5.82 Å². The summed E-state index contributed by atoms with van der Waals surface area (Å²) in [5, 5.41) is 0.583. The highest BCUT2D eigenvalue weighted by atomic mass is 79.9. The van der Waals surface area contributed by atoms with Crippen molar-refractivity contribution in [1.29, 1.82) is 0 Å². The van der Waals surface area contributed by atoms with Gasteiger partial charge in [-0.1, -0.05) is 34.1 Å². The standard InChI is InChI=1S/C7H6BrF/c8-5-6-3-1-2-4-7(6)9/h1-4H,5H2/i9-1. The van der Waals surface area contributed by atoms with Gasteiger partial charge in [0.1, 0.15) is 5.82 Å². The first-order valence-electron chi connectivity index (χ1n) is 2.64. The van der Waals surface area contributed by atoms with Crippen molar-refractivity contribution >= 4 is 15.9 Å². The normalized spacial score (nSPS) is 9.56. The Morgan fingerprint density at radius 2 is 2.00 bits per heavy atom. The molecular formula is C7H6BrF. The maximum Gasteiger partial charge on any atom is 0.127 e. The van der Waals surface area contributed by atoms with Gasteiger partial charge in [0.2, 0.25) is 0 Å². The average Bonchev–Trinajstić information content (AvgIpc) is 1.89. The van der Waals surface area contributed by atoms with E-state index in [4.69, 9.17) is 0 Å². The summed E-state index contributed by atoms with van der Waals surface area (Å²) in [5.41, 5.74) is 0.706. The molecule has 0 saturated carbocycles. The Balaban J connectivity index is 3.01. The zero-order valence-corrected chi connectivity index (χ0v) is 6.36. The quantitative estimate of drug-likeness (QED) is 0.594. The van der Waals surface area contributed by atoms with Crippen LogP contribution in [0.1, 0.15) is 5.56 Å². The molecule has 2 heteroatoms. The monoisotopic (exact) mass is 187 g/mol. The highest BCUT2D eigenvalue weighted by Gasteiger charge is 1.94. The molecule has 1 rings (SSSR count). The third kappa shape index (κ3) is 1.52. The van der Waals surface area contributed by atoms with Gasteiger partial charge in [0.15, 0.2) is 0 Å². The van der Waals surface area contributed by atoms with Crippen LogP contribution in [0.2, 0.25) is 0 Å². The molecule has 0 N–H and O–H groups in total. The SMILES string of the molecule is [18F]c1ccccc1CBr. The van der Waals surface area contributed by atoms with E-state index in [2.05, 4.69) is 15.9 Å². The first-order valence-corrected chi connectivity index (χ1v) is 3.76. The molecule has 0 radical (unpaired) electrons. The fourth-order valence-corrected chi connectivity index (χ4v) is 1.06. The predicted octanol–water partition coefficient (Wildman–Crippen LogP) is 2.72. The summed E-state index contributed by atoms with van der Waals surface area (Å²) in [7, 11) is 0. The predicted molar refractivity (Wildman–Crippen MR) is 39.0 cm³/mol. The number of alkyl halides is 1. The van der Waals surface area contributed by atoms with Crippen LogP contribution in [0.25, 0.3) is 0 Å². The lowest BCUT2D eigenvalue weighted by molar-refractivity contribution is 0.618. The molecule has 0 aliphatic rings. The number of hydrogen-bond acceptors (Lipinski definition) is 0. The van der Waals surface area contributed by atoms with E-state index in [0.29, 0.717) is 10.9 Å². The summed E-state index contributed by atoms with van der Waals surface area (Å²) in [4.78, 5) is 0. The number of rotatable bonds is 1. The van der Waals surface area contributed by atoms with Gasteiger partial charge < -0.3 is 0 Å². The lowest BCUT2D eigenvalue weighted by Gasteiger charge is -1.93. The summed E-state index contributed by atoms with van der Waals surface area (Å²) >= 11 is 3.17. The van der Waals surface area contributed by atoms with E-state index in [0.717, 1.165) is 0 Å². The molecule has 0 unspecified atom stereocenters. The van der Waals surface area contributed by atoms with Crippen molar-refractivity contribution in [2.24, 2.45) is 0 Å². The lowest BCUT2D eigenvalue weighted by atomic mass is 10.2. The van der Waals surface area contributed by atoms with Crippen LogP contribution in [0.3, 0.4) is 0 Å². The number of benzene rings is 1. The first-order chi connectivity index (χ1) is 4.34. The van der Waals surface area contributed by atoms with Gasteiger partial charge in [0, 0.05) is 5.33 Å². The molecule has 0 nitrogen and oxygen atoms in total. The minimum Gasteiger partial charge on any atom is -0.207 e. The van der Waals surface area contributed by atoms with Gasteiger partial charge in [-0.25, -0.2) is 4.39 Å². The Bertz CT molecular complexity index is 198. The van der Waals surface area contributed by atoms with Crippen molar-refractivity contribution in [3.8, 4) is 0 Å². The highest BCUT2D eigenvalue weighted by Crippen LogP contribution is 2.09. The smallest absolute Gasteiger partial charge is 0.127 e. The van der Waals surface area contributed by atoms with Crippen LogP contribution in [-0.4, -0.2) is 0 Å². The van der Waals surface area contributed by atoms with Crippen LogP contribution < -0.4 is 0 Å². The van der Waals surface area contributed by atoms with E-state index in [1.807, 2.05) is 6.07 Å². The van der Waals surface area contributed by atoms with Gasteiger partial charge in [0.25, 0.3) is 0 Å². The Morgan fingerprint density at radius 3 is 2.44 bits per heavy atom. The van der Waals surface area contributed by atoms with E-state index in [-0.39, 0.29) is 5.82 Å². The van der Waals surface area contributed by atoms with Crippen LogP contribution >= 0.6 is 15.9 Å². The van der Waals surface area contributed by atoms with Crippen molar-refractivity contribution in [2.75, 3.05) is 0 Å². The van der Waals surface area contributed by atoms with Crippen LogP contribution in [0.4, 0.5) is 4.39 Å². The molecule has 0 heterocycles. The van der Waals surface area contributed by atoms with E-state index >= 15 is 0 Å². The van der Waals surface area contributed by atoms with Gasteiger partial charge in [-0.3, -0.25) is 0 Å². The maximum atomic E-state index is 12.6. The Labute approximate surface area is 61.8 Å². The fourth-order valence-electron chi connectivity index (χ4n) is 0.607. The van der Waals surface area contributed by atoms with Gasteiger partial charge in [-0.05, 0) is 11.6 Å². The summed E-state index contributed by atoms with van der Waals surface area (Å²) in [6.45, 7) is 0. The number of hydrogen-bond donors (Lipinski definition) is 0. The molecule has 0 fully saturated rings. The average molecular weight is 188 g/mol. The molecule has 0 aliphatic heterocycles. The topological polar surface area (TPSA) is 0 Å². The van der Waals surface area contributed by atoms with Crippen molar-refractivity contribution in [1.82, 2.24) is 0 Å². The molecule has 1 aromatic rings. The Morgan fingerprint density at radius 1 is 1.33 bits per heavy atom. The second-order valence-corrected chi connectivity index (χ2v) is 2.29. The molecule has 0 spiro atoms. The lowest BCUT2D eigenvalue weighted by Crippen LogP contribution is -1.81. The minimum atomic E-state index is -0.144. The van der Waals surface area contributed by atoms with E-state index < -0.39 is 0 Å². The largest absolute Gasteiger partial charge is 0.207 e. The van der Waals surface area contributed by atoms with Crippen molar-refractivity contribution in [2.45, 2.75) is 5.33 Å². The third-order valence-corrected chi connectivity index (χ3v) is 1.71. The van der Waals surface area contributed by atoms with E-state index in [1.54, 1.807) is 12.1 Å². The summed E-state index contributed by atoms with van der Waals surface area (Å²) in [5.74, 6) is -0.144. The van der Waals surface area contributed by atoms with Crippen molar-refractivity contribution in [3.05, 3.63) is 35.6 Å². The fraction of sp³-hybridized carbons (Fsp3) is 0.143. The van der Waals surface area contributed by atoms with Crippen LogP contribution in [0.15, 0.2) is 24.3 Å². The Kier molecular flexibility index (Phi) is 2.22. The molecule has 0 bridgehead atoms. The van der Waals surface area contributed by atoms with Gasteiger partial charge in [-0.15, -0.1) is 0 Å². The number of halogens is 2. The van der Waals surface area contributed by atoms with Crippen LogP contribution in [-0.2, 0) is 5.33 Å². The van der Waals surface area contributed by atoms with Crippen molar-refractivity contribution < 1.29 is 4.39 Å². The minimum absolute atomic E-state index is 0.144.